The molecule has 0 heterocycles. The van der Waals surface area contributed by atoms with Gasteiger partial charge in [0.2, 0.25) is 0 Å². The molecule has 7 nitrogen and oxygen atoms in total. The van der Waals surface area contributed by atoms with Crippen LogP contribution < -0.4 is 14.9 Å². The molecule has 2 aromatic carbocycles. The summed E-state index contributed by atoms with van der Waals surface area (Å²) in [7, 11) is 0. The van der Waals surface area contributed by atoms with Crippen LogP contribution in [0.5, 0.6) is 11.5 Å². The molecule has 0 spiro atoms. The Morgan fingerprint density at radius 2 is 2.00 bits per heavy atom. The van der Waals surface area contributed by atoms with E-state index < -0.39 is 12.6 Å². The minimum absolute atomic E-state index is 0.292. The van der Waals surface area contributed by atoms with Crippen LogP contribution in [0.15, 0.2) is 46.0 Å². The number of halogens is 1. The number of nitrogens with one attached hydrogen (secondary N) is 1. The zero-order valence-electron chi connectivity index (χ0n) is 14.9. The second kappa shape index (κ2) is 9.72. The minimum Gasteiger partial charge on any atom is -0.490 e. The van der Waals surface area contributed by atoms with E-state index in [1.165, 1.54) is 6.21 Å². The highest BCUT2D eigenvalue weighted by Gasteiger charge is 2.13. The number of benzene rings is 2. The second-order valence-electron chi connectivity index (χ2n) is 5.46. The first-order valence-corrected chi connectivity index (χ1v) is 8.91. The summed E-state index contributed by atoms with van der Waals surface area (Å²) in [5.74, 6) is -0.732. The molecular formula is C19H19BrN2O5. The van der Waals surface area contributed by atoms with Gasteiger partial charge in [0, 0.05) is 5.56 Å². The summed E-state index contributed by atoms with van der Waals surface area (Å²) in [5, 5.41) is 12.7. The zero-order chi connectivity index (χ0) is 19.8. The lowest BCUT2D eigenvalue weighted by molar-refractivity contribution is -0.139. The maximum absolute atomic E-state index is 12.2. The van der Waals surface area contributed by atoms with E-state index in [2.05, 4.69) is 26.5 Å². The van der Waals surface area contributed by atoms with Gasteiger partial charge in [0.05, 0.1) is 17.3 Å². The van der Waals surface area contributed by atoms with E-state index >= 15 is 0 Å². The Bertz CT molecular complexity index is 867. The number of ether oxygens (including phenoxy) is 2. The van der Waals surface area contributed by atoms with Crippen molar-refractivity contribution in [1.82, 2.24) is 5.43 Å². The predicted octanol–water partition coefficient (Wildman–Crippen LogP) is 3.38. The van der Waals surface area contributed by atoms with Gasteiger partial charge in [-0.2, -0.15) is 5.10 Å². The van der Waals surface area contributed by atoms with E-state index in [4.69, 9.17) is 14.6 Å². The quantitative estimate of drug-likeness (QED) is 0.490. The van der Waals surface area contributed by atoms with Crippen molar-refractivity contribution in [3.05, 3.63) is 57.6 Å². The fraction of sp³-hybridized carbons (Fsp3) is 0.211. The summed E-state index contributed by atoms with van der Waals surface area (Å²) < 4.78 is 11.3. The molecule has 0 aromatic heterocycles. The molecule has 0 fully saturated rings. The van der Waals surface area contributed by atoms with E-state index in [0.717, 1.165) is 5.56 Å². The molecule has 8 heteroatoms. The minimum atomic E-state index is -1.09. The first-order valence-electron chi connectivity index (χ1n) is 8.12. The molecule has 2 N–H and O–H groups in total. The van der Waals surface area contributed by atoms with Crippen molar-refractivity contribution in [2.24, 2.45) is 5.10 Å². The van der Waals surface area contributed by atoms with Gasteiger partial charge in [0.15, 0.2) is 18.1 Å². The number of carbonyl (C=O) groups is 2. The number of aliphatic carboxylic acids is 1. The van der Waals surface area contributed by atoms with Crippen LogP contribution in [0.25, 0.3) is 0 Å². The molecule has 0 saturated heterocycles. The van der Waals surface area contributed by atoms with Gasteiger partial charge in [0.25, 0.3) is 5.91 Å². The van der Waals surface area contributed by atoms with Crippen molar-refractivity contribution in [3.8, 4) is 11.5 Å². The van der Waals surface area contributed by atoms with Crippen molar-refractivity contribution in [3.63, 3.8) is 0 Å². The number of carboxylic acids is 1. The Labute approximate surface area is 165 Å². The summed E-state index contributed by atoms with van der Waals surface area (Å²) in [4.78, 5) is 22.9. The van der Waals surface area contributed by atoms with E-state index in [9.17, 15) is 9.59 Å². The molecule has 2 rings (SSSR count). The average molecular weight is 435 g/mol. The molecule has 0 unspecified atom stereocenters. The maximum atomic E-state index is 12.2. The van der Waals surface area contributed by atoms with Crippen molar-refractivity contribution < 1.29 is 24.2 Å². The van der Waals surface area contributed by atoms with Crippen LogP contribution >= 0.6 is 15.9 Å². The summed E-state index contributed by atoms with van der Waals surface area (Å²) >= 11 is 3.34. The number of nitrogens with zero attached hydrogens (tertiary/aromatic N) is 1. The third kappa shape index (κ3) is 5.82. The van der Waals surface area contributed by atoms with Gasteiger partial charge in [-0.25, -0.2) is 10.2 Å². The molecular weight excluding hydrogens is 416 g/mol. The van der Waals surface area contributed by atoms with Gasteiger partial charge in [-0.3, -0.25) is 4.79 Å². The van der Waals surface area contributed by atoms with Crippen molar-refractivity contribution >= 4 is 34.0 Å². The van der Waals surface area contributed by atoms with Gasteiger partial charge >= 0.3 is 5.97 Å². The molecule has 27 heavy (non-hydrogen) atoms. The molecule has 0 bridgehead atoms. The molecule has 2 aromatic rings. The van der Waals surface area contributed by atoms with Crippen LogP contribution in [0.2, 0.25) is 0 Å². The Kier molecular flexibility index (Phi) is 7.36. The van der Waals surface area contributed by atoms with E-state index in [1.807, 2.05) is 19.1 Å². The second-order valence-corrected chi connectivity index (χ2v) is 6.31. The normalized spacial score (nSPS) is 10.6. The Morgan fingerprint density at radius 1 is 1.26 bits per heavy atom. The molecule has 0 radical (unpaired) electrons. The van der Waals surface area contributed by atoms with Crippen molar-refractivity contribution in [1.29, 1.82) is 0 Å². The van der Waals surface area contributed by atoms with Crippen LogP contribution in [0.1, 0.15) is 28.4 Å². The molecule has 142 valence electrons. The standard InChI is InChI=1S/C19H19BrN2O5/c1-3-26-16-9-13(8-15(20)18(16)27-11-17(23)24)10-21-22-19(25)14-7-5-4-6-12(14)2/h4-10H,3,11H2,1-2H3,(H,22,25)(H,23,24)/b21-10-. The monoisotopic (exact) mass is 434 g/mol. The van der Waals surface area contributed by atoms with Gasteiger partial charge in [-0.05, 0) is 59.1 Å². The molecule has 0 atom stereocenters. The third-order valence-electron chi connectivity index (χ3n) is 3.44. The molecule has 0 aliphatic rings. The van der Waals surface area contributed by atoms with Crippen molar-refractivity contribution in [2.75, 3.05) is 13.2 Å². The van der Waals surface area contributed by atoms with Gasteiger partial charge in [0.1, 0.15) is 0 Å². The number of hydrazone groups is 1. The Hall–Kier alpha value is -2.87. The smallest absolute Gasteiger partial charge is 0.341 e. The number of hydrogen-bond donors (Lipinski definition) is 2. The van der Waals surface area contributed by atoms with Gasteiger partial charge in [-0.1, -0.05) is 18.2 Å². The SMILES string of the molecule is CCOc1cc(/C=N\NC(=O)c2ccccc2C)cc(Br)c1OCC(=O)O. The summed E-state index contributed by atoms with van der Waals surface area (Å²) in [6.07, 6.45) is 1.46. The Morgan fingerprint density at radius 3 is 2.67 bits per heavy atom. The van der Waals surface area contributed by atoms with E-state index in [0.29, 0.717) is 33.7 Å². The number of aryl methyl sites for hydroxylation is 1. The first-order chi connectivity index (χ1) is 12.9. The summed E-state index contributed by atoms with van der Waals surface area (Å²) in [6, 6.07) is 10.5. The molecule has 1 amide bonds. The number of carboxylic acid groups (broad SMARTS) is 1. The van der Waals surface area contributed by atoms with Crippen LogP contribution in [-0.4, -0.2) is 36.4 Å². The summed E-state index contributed by atoms with van der Waals surface area (Å²) in [5.41, 5.74) is 4.51. The van der Waals surface area contributed by atoms with E-state index in [-0.39, 0.29) is 5.91 Å². The molecule has 0 aliphatic heterocycles. The van der Waals surface area contributed by atoms with Gasteiger partial charge < -0.3 is 14.6 Å². The summed E-state index contributed by atoms with van der Waals surface area (Å²) in [6.45, 7) is 3.54. The molecule has 0 aliphatic carbocycles. The van der Waals surface area contributed by atoms with Crippen LogP contribution in [0.3, 0.4) is 0 Å². The number of hydrogen-bond acceptors (Lipinski definition) is 5. The number of carbonyl (C=O) groups excluding carboxylic acids is 1. The number of amides is 1. The lowest BCUT2D eigenvalue weighted by Gasteiger charge is -2.13. The third-order valence-corrected chi connectivity index (χ3v) is 4.03. The Balaban J connectivity index is 2.15. The highest BCUT2D eigenvalue weighted by molar-refractivity contribution is 9.10. The zero-order valence-corrected chi connectivity index (χ0v) is 16.4. The van der Waals surface area contributed by atoms with Crippen LogP contribution in [0, 0.1) is 6.92 Å². The van der Waals surface area contributed by atoms with Crippen LogP contribution in [-0.2, 0) is 4.79 Å². The average Bonchev–Trinajstić information content (AvgIpc) is 2.61. The fourth-order valence-corrected chi connectivity index (χ4v) is 2.83. The topological polar surface area (TPSA) is 97.2 Å². The van der Waals surface area contributed by atoms with E-state index in [1.54, 1.807) is 31.2 Å². The highest BCUT2D eigenvalue weighted by atomic mass is 79.9. The predicted molar refractivity (Wildman–Crippen MR) is 105 cm³/mol. The fourth-order valence-electron chi connectivity index (χ4n) is 2.25. The number of rotatable bonds is 8. The lowest BCUT2D eigenvalue weighted by atomic mass is 10.1. The van der Waals surface area contributed by atoms with Crippen molar-refractivity contribution in [2.45, 2.75) is 13.8 Å². The largest absolute Gasteiger partial charge is 0.490 e. The highest BCUT2D eigenvalue weighted by Crippen LogP contribution is 2.36. The molecule has 0 saturated carbocycles. The lowest BCUT2D eigenvalue weighted by Crippen LogP contribution is -2.18. The first kappa shape index (κ1) is 20.4. The van der Waals surface area contributed by atoms with Crippen LogP contribution in [0.4, 0.5) is 0 Å². The maximum Gasteiger partial charge on any atom is 0.341 e. The van der Waals surface area contributed by atoms with Gasteiger partial charge in [-0.15, -0.1) is 0 Å².